The molecule has 4 rings (SSSR count). The number of H-pyrrole nitrogens is 1. The second kappa shape index (κ2) is 8.19. The number of piperidine rings is 1. The second-order valence-corrected chi connectivity index (χ2v) is 10.7. The third-order valence-corrected chi connectivity index (χ3v) is 8.68. The number of fused-ring (bicyclic) bond motifs is 2. The van der Waals surface area contributed by atoms with Crippen molar-refractivity contribution in [3.8, 4) is 0 Å². The molecule has 1 saturated heterocycles. The average Bonchev–Trinajstić information content (AvgIpc) is 2.99. The summed E-state index contributed by atoms with van der Waals surface area (Å²) in [5.74, 6) is 2.18. The standard InChI is InChI=1S/C21H29N3O2S2/c1-12-13(2)28-20-18(12)19(25)22-17(23-20)11-27-14(3)21(26)24-10-6-8-15-7-4-5-9-16(15)24/h14-16H,4-11H2,1-3H3,(H,22,23,25). The maximum atomic E-state index is 13.1. The first kappa shape index (κ1) is 20.0. The van der Waals surface area contributed by atoms with Gasteiger partial charge in [0.1, 0.15) is 10.7 Å². The number of thioether (sulfide) groups is 1. The van der Waals surface area contributed by atoms with E-state index in [4.69, 9.17) is 0 Å². The predicted molar refractivity (Wildman–Crippen MR) is 117 cm³/mol. The summed E-state index contributed by atoms with van der Waals surface area (Å²) in [5.41, 5.74) is 0.950. The van der Waals surface area contributed by atoms with Crippen LogP contribution in [0.4, 0.5) is 0 Å². The quantitative estimate of drug-likeness (QED) is 0.797. The van der Waals surface area contributed by atoms with E-state index in [1.165, 1.54) is 25.7 Å². The van der Waals surface area contributed by atoms with Crippen LogP contribution in [0.25, 0.3) is 10.2 Å². The van der Waals surface area contributed by atoms with Crippen LogP contribution in [0.5, 0.6) is 0 Å². The Hall–Kier alpha value is -1.34. The number of nitrogens with one attached hydrogen (secondary N) is 1. The highest BCUT2D eigenvalue weighted by Gasteiger charge is 2.37. The van der Waals surface area contributed by atoms with Gasteiger partial charge in [0.15, 0.2) is 0 Å². The Morgan fingerprint density at radius 1 is 1.29 bits per heavy atom. The lowest BCUT2D eigenvalue weighted by molar-refractivity contribution is -0.136. The lowest BCUT2D eigenvalue weighted by atomic mass is 9.78. The van der Waals surface area contributed by atoms with E-state index in [9.17, 15) is 9.59 Å². The summed E-state index contributed by atoms with van der Waals surface area (Å²) >= 11 is 3.15. The minimum Gasteiger partial charge on any atom is -0.338 e. The molecular weight excluding hydrogens is 390 g/mol. The summed E-state index contributed by atoms with van der Waals surface area (Å²) in [6, 6.07) is 0.449. The van der Waals surface area contributed by atoms with E-state index in [0.29, 0.717) is 28.9 Å². The molecule has 28 heavy (non-hydrogen) atoms. The Kier molecular flexibility index (Phi) is 5.83. The fourth-order valence-electron chi connectivity index (χ4n) is 4.77. The molecule has 0 radical (unpaired) electrons. The van der Waals surface area contributed by atoms with Crippen molar-refractivity contribution in [2.24, 2.45) is 5.92 Å². The second-order valence-electron chi connectivity index (χ2n) is 8.21. The van der Waals surface area contributed by atoms with Gasteiger partial charge in [0.2, 0.25) is 5.91 Å². The number of carbonyl (C=O) groups excluding carboxylic acids is 1. The van der Waals surface area contributed by atoms with Gasteiger partial charge in [0, 0.05) is 17.5 Å². The number of aromatic amines is 1. The van der Waals surface area contributed by atoms with Crippen LogP contribution in [0, 0.1) is 19.8 Å². The molecule has 5 nitrogen and oxygen atoms in total. The molecule has 1 amide bonds. The highest BCUT2D eigenvalue weighted by atomic mass is 32.2. The molecule has 2 aromatic rings. The molecule has 1 N–H and O–H groups in total. The van der Waals surface area contributed by atoms with Crippen molar-refractivity contribution < 1.29 is 4.79 Å². The van der Waals surface area contributed by atoms with E-state index in [1.54, 1.807) is 23.1 Å². The summed E-state index contributed by atoms with van der Waals surface area (Å²) in [6.45, 7) is 6.89. The van der Waals surface area contributed by atoms with Crippen molar-refractivity contribution >= 4 is 39.2 Å². The maximum Gasteiger partial charge on any atom is 0.259 e. The molecule has 7 heteroatoms. The molecule has 0 aromatic carbocycles. The molecule has 2 aliphatic rings. The average molecular weight is 420 g/mol. The van der Waals surface area contributed by atoms with Gasteiger partial charge >= 0.3 is 0 Å². The number of amides is 1. The lowest BCUT2D eigenvalue weighted by Crippen LogP contribution is -2.51. The number of aryl methyl sites for hydroxylation is 2. The van der Waals surface area contributed by atoms with Crippen molar-refractivity contribution in [1.82, 2.24) is 14.9 Å². The smallest absolute Gasteiger partial charge is 0.259 e. The molecule has 0 bridgehead atoms. The maximum absolute atomic E-state index is 13.1. The summed E-state index contributed by atoms with van der Waals surface area (Å²) < 4.78 is 0. The normalized spacial score (nSPS) is 23.6. The van der Waals surface area contributed by atoms with E-state index < -0.39 is 0 Å². The number of thiophene rings is 1. The molecule has 2 fully saturated rings. The van der Waals surface area contributed by atoms with Crippen LogP contribution in [0.3, 0.4) is 0 Å². The van der Waals surface area contributed by atoms with Crippen LogP contribution in [-0.2, 0) is 10.5 Å². The molecular formula is C21H29N3O2S2. The number of nitrogens with zero attached hydrogens (tertiary/aromatic N) is 2. The summed E-state index contributed by atoms with van der Waals surface area (Å²) in [4.78, 5) is 37.2. The lowest BCUT2D eigenvalue weighted by Gasteiger charge is -2.45. The van der Waals surface area contributed by atoms with Crippen LogP contribution in [0.15, 0.2) is 4.79 Å². The Bertz CT molecular complexity index is 934. The van der Waals surface area contributed by atoms with Crippen molar-refractivity contribution in [2.45, 2.75) is 76.3 Å². The van der Waals surface area contributed by atoms with Crippen molar-refractivity contribution in [3.05, 3.63) is 26.6 Å². The van der Waals surface area contributed by atoms with Crippen LogP contribution >= 0.6 is 23.1 Å². The van der Waals surface area contributed by atoms with Gasteiger partial charge in [-0.3, -0.25) is 9.59 Å². The Balaban J connectivity index is 1.44. The molecule has 152 valence electrons. The van der Waals surface area contributed by atoms with Gasteiger partial charge in [-0.2, -0.15) is 0 Å². The zero-order chi connectivity index (χ0) is 19.8. The van der Waals surface area contributed by atoms with E-state index >= 15 is 0 Å². The minimum atomic E-state index is -0.117. The molecule has 3 unspecified atom stereocenters. The van der Waals surface area contributed by atoms with E-state index in [1.807, 2.05) is 20.8 Å². The SMILES string of the molecule is Cc1sc2nc(CSC(C)C(=O)N3CCCC4CCCCC43)[nH]c(=O)c2c1C. The summed E-state index contributed by atoms with van der Waals surface area (Å²) in [6.07, 6.45) is 7.42. The molecule has 2 aromatic heterocycles. The minimum absolute atomic E-state index is 0.0671. The zero-order valence-corrected chi connectivity index (χ0v) is 18.5. The number of likely N-dealkylation sites (tertiary alicyclic amines) is 1. The summed E-state index contributed by atoms with van der Waals surface area (Å²) in [7, 11) is 0. The fraction of sp³-hybridized carbons (Fsp3) is 0.667. The van der Waals surface area contributed by atoms with Gasteiger partial charge in [-0.05, 0) is 57.9 Å². The van der Waals surface area contributed by atoms with E-state index in [0.717, 1.165) is 34.7 Å². The van der Waals surface area contributed by atoms with E-state index in [2.05, 4.69) is 14.9 Å². The van der Waals surface area contributed by atoms with Gasteiger partial charge in [0.25, 0.3) is 5.56 Å². The monoisotopic (exact) mass is 419 g/mol. The van der Waals surface area contributed by atoms with Crippen molar-refractivity contribution in [1.29, 1.82) is 0 Å². The predicted octanol–water partition coefficient (Wildman–Crippen LogP) is 4.40. The van der Waals surface area contributed by atoms with Gasteiger partial charge in [-0.15, -0.1) is 23.1 Å². The molecule has 1 aliphatic carbocycles. The number of rotatable bonds is 4. The van der Waals surface area contributed by atoms with Gasteiger partial charge in [-0.25, -0.2) is 4.98 Å². The van der Waals surface area contributed by atoms with E-state index in [-0.39, 0.29) is 16.7 Å². The number of hydrogen-bond donors (Lipinski definition) is 1. The first-order valence-corrected chi connectivity index (χ1v) is 12.2. The summed E-state index contributed by atoms with van der Waals surface area (Å²) in [5, 5.41) is 0.588. The van der Waals surface area contributed by atoms with Crippen LogP contribution in [0.2, 0.25) is 0 Å². The van der Waals surface area contributed by atoms with Gasteiger partial charge in [0.05, 0.1) is 16.4 Å². The number of hydrogen-bond acceptors (Lipinski definition) is 5. The van der Waals surface area contributed by atoms with Crippen LogP contribution in [0.1, 0.15) is 61.7 Å². The topological polar surface area (TPSA) is 66.1 Å². The first-order valence-electron chi connectivity index (χ1n) is 10.4. The Labute approximate surface area is 174 Å². The molecule has 3 heterocycles. The highest BCUT2D eigenvalue weighted by Crippen LogP contribution is 2.36. The fourth-order valence-corrected chi connectivity index (χ4v) is 6.65. The van der Waals surface area contributed by atoms with Gasteiger partial charge in [-0.1, -0.05) is 12.8 Å². The van der Waals surface area contributed by atoms with Crippen molar-refractivity contribution in [3.63, 3.8) is 0 Å². The molecule has 3 atom stereocenters. The van der Waals surface area contributed by atoms with Crippen LogP contribution in [-0.4, -0.2) is 38.6 Å². The van der Waals surface area contributed by atoms with Crippen LogP contribution < -0.4 is 5.56 Å². The number of carbonyl (C=O) groups is 1. The number of aromatic nitrogens is 2. The third-order valence-electron chi connectivity index (χ3n) is 6.43. The molecule has 0 spiro atoms. The Morgan fingerprint density at radius 2 is 2.04 bits per heavy atom. The molecule has 1 aliphatic heterocycles. The highest BCUT2D eigenvalue weighted by molar-refractivity contribution is 7.99. The first-order chi connectivity index (χ1) is 13.5. The zero-order valence-electron chi connectivity index (χ0n) is 16.9. The van der Waals surface area contributed by atoms with Gasteiger partial charge < -0.3 is 9.88 Å². The van der Waals surface area contributed by atoms with Crippen molar-refractivity contribution in [2.75, 3.05) is 6.54 Å². The molecule has 1 saturated carbocycles. The largest absolute Gasteiger partial charge is 0.338 e. The Morgan fingerprint density at radius 3 is 2.86 bits per heavy atom. The third kappa shape index (κ3) is 3.75.